The van der Waals surface area contributed by atoms with E-state index in [2.05, 4.69) is 48.5 Å². The third-order valence-corrected chi connectivity index (χ3v) is 3.62. The van der Waals surface area contributed by atoms with Crippen LogP contribution in [-0.4, -0.2) is 16.8 Å². The molecule has 3 nitrogen and oxygen atoms in total. The molecule has 18 heavy (non-hydrogen) atoms. The first kappa shape index (κ1) is 12.8. The van der Waals surface area contributed by atoms with E-state index >= 15 is 0 Å². The zero-order chi connectivity index (χ0) is 13.1. The molecule has 1 heterocycles. The number of hydrogen-bond donors (Lipinski definition) is 1. The normalized spacial score (nSPS) is 12.7. The van der Waals surface area contributed by atoms with Crippen molar-refractivity contribution < 1.29 is 0 Å². The molecule has 0 aliphatic rings. The van der Waals surface area contributed by atoms with Gasteiger partial charge in [-0.2, -0.15) is 5.10 Å². The second-order valence-electron chi connectivity index (χ2n) is 4.80. The van der Waals surface area contributed by atoms with Crippen LogP contribution in [0.1, 0.15) is 28.4 Å². The third-order valence-electron chi connectivity index (χ3n) is 3.62. The van der Waals surface area contributed by atoms with Gasteiger partial charge in [-0.1, -0.05) is 18.2 Å². The minimum absolute atomic E-state index is 0.303. The van der Waals surface area contributed by atoms with Crippen molar-refractivity contribution in [3.8, 4) is 0 Å². The Bertz CT molecular complexity index is 508. The van der Waals surface area contributed by atoms with E-state index in [9.17, 15) is 0 Å². The highest BCUT2D eigenvalue weighted by Crippen LogP contribution is 2.22. The van der Waals surface area contributed by atoms with Crippen LogP contribution >= 0.6 is 0 Å². The number of aryl methyl sites for hydroxylation is 3. The van der Waals surface area contributed by atoms with Gasteiger partial charge in [-0.05, 0) is 50.1 Å². The van der Waals surface area contributed by atoms with E-state index < -0.39 is 0 Å². The fourth-order valence-corrected chi connectivity index (χ4v) is 2.46. The largest absolute Gasteiger partial charge is 0.311 e. The molecule has 1 N–H and O–H groups in total. The van der Waals surface area contributed by atoms with Crippen molar-refractivity contribution in [1.29, 1.82) is 0 Å². The van der Waals surface area contributed by atoms with Gasteiger partial charge in [0.05, 0.1) is 11.7 Å². The van der Waals surface area contributed by atoms with E-state index in [4.69, 9.17) is 0 Å². The molecule has 0 aliphatic heterocycles. The van der Waals surface area contributed by atoms with Crippen molar-refractivity contribution >= 4 is 0 Å². The maximum absolute atomic E-state index is 4.25. The smallest absolute Gasteiger partial charge is 0.0553 e. The molecule has 0 spiro atoms. The molecule has 0 fully saturated rings. The zero-order valence-electron chi connectivity index (χ0n) is 11.6. The molecule has 2 aromatic rings. The standard InChI is InChI=1S/C15H21N3/c1-11-6-5-7-12(2)13(11)10-14(16-3)15-8-9-17-18(15)4/h5-9,14,16H,10H2,1-4H3. The van der Waals surface area contributed by atoms with Gasteiger partial charge in [0.25, 0.3) is 0 Å². The summed E-state index contributed by atoms with van der Waals surface area (Å²) in [5.74, 6) is 0. The van der Waals surface area contributed by atoms with Gasteiger partial charge in [0.2, 0.25) is 0 Å². The molecular formula is C15H21N3. The van der Waals surface area contributed by atoms with Crippen LogP contribution in [0.15, 0.2) is 30.5 Å². The molecule has 0 bridgehead atoms. The average Bonchev–Trinajstić information content (AvgIpc) is 2.76. The third kappa shape index (κ3) is 2.46. The van der Waals surface area contributed by atoms with Crippen molar-refractivity contribution in [3.63, 3.8) is 0 Å². The summed E-state index contributed by atoms with van der Waals surface area (Å²) in [6.07, 6.45) is 2.85. The van der Waals surface area contributed by atoms with Crippen molar-refractivity contribution in [2.24, 2.45) is 7.05 Å². The lowest BCUT2D eigenvalue weighted by Crippen LogP contribution is -2.22. The second-order valence-corrected chi connectivity index (χ2v) is 4.80. The first-order valence-corrected chi connectivity index (χ1v) is 6.33. The second kappa shape index (κ2) is 5.36. The Morgan fingerprint density at radius 1 is 1.22 bits per heavy atom. The van der Waals surface area contributed by atoms with E-state index in [1.54, 1.807) is 0 Å². The van der Waals surface area contributed by atoms with Crippen LogP contribution in [0.25, 0.3) is 0 Å². The van der Waals surface area contributed by atoms with Crippen LogP contribution in [0.2, 0.25) is 0 Å². The minimum atomic E-state index is 0.303. The van der Waals surface area contributed by atoms with Gasteiger partial charge in [-0.25, -0.2) is 0 Å². The van der Waals surface area contributed by atoms with Gasteiger partial charge < -0.3 is 5.32 Å². The summed E-state index contributed by atoms with van der Waals surface area (Å²) >= 11 is 0. The monoisotopic (exact) mass is 243 g/mol. The van der Waals surface area contributed by atoms with Gasteiger partial charge >= 0.3 is 0 Å². The van der Waals surface area contributed by atoms with Crippen LogP contribution in [0.3, 0.4) is 0 Å². The molecule has 1 atom stereocenters. The fourth-order valence-electron chi connectivity index (χ4n) is 2.46. The molecule has 0 radical (unpaired) electrons. The predicted octanol–water partition coefficient (Wildman–Crippen LogP) is 2.54. The number of nitrogens with zero attached hydrogens (tertiary/aromatic N) is 2. The quantitative estimate of drug-likeness (QED) is 0.894. The van der Waals surface area contributed by atoms with Crippen molar-refractivity contribution in [2.75, 3.05) is 7.05 Å². The lowest BCUT2D eigenvalue weighted by Gasteiger charge is -2.19. The molecule has 1 aromatic heterocycles. The summed E-state index contributed by atoms with van der Waals surface area (Å²) in [7, 11) is 4.00. The number of aromatic nitrogens is 2. The maximum atomic E-state index is 4.25. The SMILES string of the molecule is CNC(Cc1c(C)cccc1C)c1ccnn1C. The molecule has 1 aromatic carbocycles. The lowest BCUT2D eigenvalue weighted by molar-refractivity contribution is 0.535. The summed E-state index contributed by atoms with van der Waals surface area (Å²) in [5.41, 5.74) is 5.37. The molecule has 0 amide bonds. The molecule has 0 saturated carbocycles. The van der Waals surface area contributed by atoms with Crippen LogP contribution in [-0.2, 0) is 13.5 Å². The number of likely N-dealkylation sites (N-methyl/N-ethyl adjacent to an activating group) is 1. The minimum Gasteiger partial charge on any atom is -0.311 e. The highest BCUT2D eigenvalue weighted by molar-refractivity contribution is 5.34. The Balaban J connectivity index is 2.29. The highest BCUT2D eigenvalue weighted by atomic mass is 15.3. The van der Waals surface area contributed by atoms with E-state index in [0.29, 0.717) is 6.04 Å². The molecule has 1 unspecified atom stereocenters. The van der Waals surface area contributed by atoms with E-state index in [1.165, 1.54) is 22.4 Å². The number of hydrogen-bond acceptors (Lipinski definition) is 2. The van der Waals surface area contributed by atoms with Gasteiger partial charge in [0, 0.05) is 13.2 Å². The summed E-state index contributed by atoms with van der Waals surface area (Å²) in [4.78, 5) is 0. The first-order valence-electron chi connectivity index (χ1n) is 6.33. The van der Waals surface area contributed by atoms with Gasteiger partial charge in [-0.15, -0.1) is 0 Å². The molecule has 96 valence electrons. The van der Waals surface area contributed by atoms with Crippen LogP contribution < -0.4 is 5.32 Å². The van der Waals surface area contributed by atoms with Crippen molar-refractivity contribution in [1.82, 2.24) is 15.1 Å². The number of nitrogens with one attached hydrogen (secondary N) is 1. The molecule has 3 heteroatoms. The first-order chi connectivity index (χ1) is 8.63. The summed E-state index contributed by atoms with van der Waals surface area (Å²) in [6, 6.07) is 8.86. The maximum Gasteiger partial charge on any atom is 0.0553 e. The van der Waals surface area contributed by atoms with E-state index in [0.717, 1.165) is 6.42 Å². The average molecular weight is 243 g/mol. The zero-order valence-corrected chi connectivity index (χ0v) is 11.6. The molecule has 0 saturated heterocycles. The highest BCUT2D eigenvalue weighted by Gasteiger charge is 2.15. The Labute approximate surface area is 109 Å². The van der Waals surface area contributed by atoms with Crippen molar-refractivity contribution in [3.05, 3.63) is 52.8 Å². The van der Waals surface area contributed by atoms with E-state index in [-0.39, 0.29) is 0 Å². The molecule has 0 aliphatic carbocycles. The topological polar surface area (TPSA) is 29.9 Å². The Hall–Kier alpha value is -1.61. The summed E-state index contributed by atoms with van der Waals surface area (Å²) in [6.45, 7) is 4.36. The van der Waals surface area contributed by atoms with E-state index in [1.807, 2.05) is 25.0 Å². The van der Waals surface area contributed by atoms with Gasteiger partial charge in [0.15, 0.2) is 0 Å². The number of rotatable bonds is 4. The Morgan fingerprint density at radius 2 is 1.89 bits per heavy atom. The Kier molecular flexibility index (Phi) is 3.82. The predicted molar refractivity (Wildman–Crippen MR) is 74.6 cm³/mol. The van der Waals surface area contributed by atoms with Gasteiger partial charge in [-0.3, -0.25) is 4.68 Å². The van der Waals surface area contributed by atoms with Crippen molar-refractivity contribution in [2.45, 2.75) is 26.3 Å². The number of benzene rings is 1. The molecular weight excluding hydrogens is 222 g/mol. The van der Waals surface area contributed by atoms with Crippen LogP contribution in [0.5, 0.6) is 0 Å². The van der Waals surface area contributed by atoms with Crippen LogP contribution in [0, 0.1) is 13.8 Å². The molecule has 2 rings (SSSR count). The summed E-state index contributed by atoms with van der Waals surface area (Å²) < 4.78 is 1.94. The lowest BCUT2D eigenvalue weighted by atomic mass is 9.95. The summed E-state index contributed by atoms with van der Waals surface area (Å²) in [5, 5.41) is 7.64. The Morgan fingerprint density at radius 3 is 2.39 bits per heavy atom. The van der Waals surface area contributed by atoms with Crippen LogP contribution in [0.4, 0.5) is 0 Å². The fraction of sp³-hybridized carbons (Fsp3) is 0.400. The van der Waals surface area contributed by atoms with Gasteiger partial charge in [0.1, 0.15) is 0 Å².